The van der Waals surface area contributed by atoms with E-state index in [4.69, 9.17) is 0 Å². The van der Waals surface area contributed by atoms with E-state index in [0.29, 0.717) is 25.7 Å². The summed E-state index contributed by atoms with van der Waals surface area (Å²) in [6.07, 6.45) is 2.99. The van der Waals surface area contributed by atoms with Gasteiger partial charge in [0.15, 0.2) is 0 Å². The average Bonchev–Trinajstić information content (AvgIpc) is 2.29. The maximum Gasteiger partial charge on any atom is 0.137 e. The van der Waals surface area contributed by atoms with Crippen LogP contribution in [0.5, 0.6) is 0 Å². The van der Waals surface area contributed by atoms with Gasteiger partial charge in [-0.3, -0.25) is 4.79 Å². The quantitative estimate of drug-likeness (QED) is 0.569. The third-order valence-electron chi connectivity index (χ3n) is 3.00. The minimum absolute atomic E-state index is 0.145. The smallest absolute Gasteiger partial charge is 0.137 e. The van der Waals surface area contributed by atoms with E-state index in [2.05, 4.69) is 32.9 Å². The second-order valence-corrected chi connectivity index (χ2v) is 5.72. The molecule has 0 aliphatic rings. The molecule has 0 aromatic heterocycles. The Morgan fingerprint density at radius 3 is 2.28 bits per heavy atom. The van der Waals surface area contributed by atoms with Crippen LogP contribution in [0.3, 0.4) is 0 Å². The first-order chi connectivity index (χ1) is 8.43. The van der Waals surface area contributed by atoms with Crippen molar-refractivity contribution >= 4 is 12.1 Å². The lowest BCUT2D eigenvalue weighted by atomic mass is 9.86. The largest absolute Gasteiger partial charge is 0.303 e. The number of hydrogen-bond acceptors (Lipinski definition) is 2. The molecule has 0 fully saturated rings. The van der Waals surface area contributed by atoms with Crippen LogP contribution in [-0.4, -0.2) is 12.1 Å². The fourth-order valence-electron chi connectivity index (χ4n) is 1.82. The topological polar surface area (TPSA) is 34.1 Å². The van der Waals surface area contributed by atoms with Gasteiger partial charge in [0.1, 0.15) is 12.1 Å². The standard InChI is InChI=1S/C16H22O2/c1-16(2,3)14-9-7-13(8-10-14)12-15(18)6-4-5-11-17/h7-11H,4-6,12H2,1-3H3. The van der Waals surface area contributed by atoms with Gasteiger partial charge in [0, 0.05) is 19.3 Å². The van der Waals surface area contributed by atoms with E-state index < -0.39 is 0 Å². The second kappa shape index (κ2) is 6.48. The first kappa shape index (κ1) is 14.6. The monoisotopic (exact) mass is 246 g/mol. The number of carbonyl (C=O) groups is 2. The number of unbranched alkanes of at least 4 members (excludes halogenated alkanes) is 1. The molecule has 0 bridgehead atoms. The molecule has 0 aliphatic carbocycles. The molecule has 0 heterocycles. The van der Waals surface area contributed by atoms with Crippen molar-refractivity contribution in [2.75, 3.05) is 0 Å². The van der Waals surface area contributed by atoms with Crippen LogP contribution in [0.4, 0.5) is 0 Å². The Kier molecular flexibility index (Phi) is 5.26. The molecule has 98 valence electrons. The molecular formula is C16H22O2. The molecule has 18 heavy (non-hydrogen) atoms. The highest BCUT2D eigenvalue weighted by atomic mass is 16.1. The number of benzene rings is 1. The van der Waals surface area contributed by atoms with Crippen molar-refractivity contribution in [1.82, 2.24) is 0 Å². The Labute approximate surface area is 109 Å². The van der Waals surface area contributed by atoms with Gasteiger partial charge in [-0.15, -0.1) is 0 Å². The summed E-state index contributed by atoms with van der Waals surface area (Å²) in [5, 5.41) is 0. The van der Waals surface area contributed by atoms with E-state index in [1.165, 1.54) is 5.56 Å². The molecule has 2 heteroatoms. The van der Waals surface area contributed by atoms with Crippen molar-refractivity contribution in [2.45, 2.75) is 51.9 Å². The number of ketones is 1. The van der Waals surface area contributed by atoms with Crippen LogP contribution in [0.2, 0.25) is 0 Å². The van der Waals surface area contributed by atoms with Crippen LogP contribution < -0.4 is 0 Å². The van der Waals surface area contributed by atoms with Gasteiger partial charge in [-0.1, -0.05) is 45.0 Å². The molecule has 0 spiro atoms. The third kappa shape index (κ3) is 4.82. The number of carbonyl (C=O) groups excluding carboxylic acids is 2. The van der Waals surface area contributed by atoms with Gasteiger partial charge in [-0.2, -0.15) is 0 Å². The summed E-state index contributed by atoms with van der Waals surface area (Å²) in [6.45, 7) is 6.52. The molecule has 0 saturated carbocycles. The predicted molar refractivity (Wildman–Crippen MR) is 73.8 cm³/mol. The predicted octanol–water partition coefficient (Wildman–Crippen LogP) is 3.46. The Balaban J connectivity index is 2.53. The number of hydrogen-bond donors (Lipinski definition) is 0. The fourth-order valence-corrected chi connectivity index (χ4v) is 1.82. The lowest BCUT2D eigenvalue weighted by Crippen LogP contribution is -2.11. The Hall–Kier alpha value is -1.44. The Bertz CT molecular complexity index is 396. The molecule has 0 atom stereocenters. The van der Waals surface area contributed by atoms with Gasteiger partial charge < -0.3 is 4.79 Å². The normalized spacial score (nSPS) is 11.3. The van der Waals surface area contributed by atoms with Gasteiger partial charge in [0.2, 0.25) is 0 Å². The molecule has 0 radical (unpaired) electrons. The van der Waals surface area contributed by atoms with E-state index in [1.807, 2.05) is 12.1 Å². The van der Waals surface area contributed by atoms with Gasteiger partial charge in [-0.05, 0) is 23.0 Å². The summed E-state index contributed by atoms with van der Waals surface area (Å²) in [7, 11) is 0. The van der Waals surface area contributed by atoms with Crippen LogP contribution in [0, 0.1) is 0 Å². The molecule has 1 aromatic carbocycles. The van der Waals surface area contributed by atoms with Crippen molar-refractivity contribution in [3.63, 3.8) is 0 Å². The lowest BCUT2D eigenvalue weighted by molar-refractivity contribution is -0.118. The highest BCUT2D eigenvalue weighted by Crippen LogP contribution is 2.22. The van der Waals surface area contributed by atoms with E-state index in [-0.39, 0.29) is 11.2 Å². The average molecular weight is 246 g/mol. The maximum atomic E-state index is 11.7. The summed E-state index contributed by atoms with van der Waals surface area (Å²) >= 11 is 0. The van der Waals surface area contributed by atoms with Crippen LogP contribution in [0.15, 0.2) is 24.3 Å². The fraction of sp³-hybridized carbons (Fsp3) is 0.500. The summed E-state index contributed by atoms with van der Waals surface area (Å²) < 4.78 is 0. The number of rotatable bonds is 6. The van der Waals surface area contributed by atoms with E-state index in [9.17, 15) is 9.59 Å². The highest BCUT2D eigenvalue weighted by Gasteiger charge is 2.13. The van der Waals surface area contributed by atoms with Crippen molar-refractivity contribution < 1.29 is 9.59 Å². The van der Waals surface area contributed by atoms with Crippen LogP contribution in [0.25, 0.3) is 0 Å². The summed E-state index contributed by atoms with van der Waals surface area (Å²) in [5.74, 6) is 0.209. The molecule has 2 nitrogen and oxygen atoms in total. The molecule has 0 aliphatic heterocycles. The molecule has 0 unspecified atom stereocenters. The summed E-state index contributed by atoms with van der Waals surface area (Å²) in [6, 6.07) is 8.23. The first-order valence-electron chi connectivity index (χ1n) is 6.48. The number of Topliss-reactive ketones (excluding diaryl/α,β-unsaturated/α-hetero) is 1. The van der Waals surface area contributed by atoms with Crippen LogP contribution >= 0.6 is 0 Å². The van der Waals surface area contributed by atoms with Crippen LogP contribution in [-0.2, 0) is 21.4 Å². The molecule has 0 saturated heterocycles. The first-order valence-corrected chi connectivity index (χ1v) is 6.48. The van der Waals surface area contributed by atoms with E-state index in [0.717, 1.165) is 11.8 Å². The van der Waals surface area contributed by atoms with Gasteiger partial charge >= 0.3 is 0 Å². The Morgan fingerprint density at radius 2 is 1.78 bits per heavy atom. The lowest BCUT2D eigenvalue weighted by Gasteiger charge is -2.19. The number of aldehydes is 1. The van der Waals surface area contributed by atoms with Gasteiger partial charge in [0.05, 0.1) is 0 Å². The summed E-state index contributed by atoms with van der Waals surface area (Å²) in [4.78, 5) is 21.8. The molecule has 0 amide bonds. The van der Waals surface area contributed by atoms with E-state index in [1.54, 1.807) is 0 Å². The summed E-state index contributed by atoms with van der Waals surface area (Å²) in [5.41, 5.74) is 2.48. The second-order valence-electron chi connectivity index (χ2n) is 5.72. The molecular weight excluding hydrogens is 224 g/mol. The minimum atomic E-state index is 0.145. The highest BCUT2D eigenvalue weighted by molar-refractivity contribution is 5.81. The molecule has 0 N–H and O–H groups in total. The Morgan fingerprint density at radius 1 is 1.17 bits per heavy atom. The van der Waals surface area contributed by atoms with Gasteiger partial charge in [-0.25, -0.2) is 0 Å². The minimum Gasteiger partial charge on any atom is -0.303 e. The van der Waals surface area contributed by atoms with E-state index >= 15 is 0 Å². The SMILES string of the molecule is CC(C)(C)c1ccc(CC(=O)CCCC=O)cc1. The third-order valence-corrected chi connectivity index (χ3v) is 3.00. The van der Waals surface area contributed by atoms with Gasteiger partial charge in [0.25, 0.3) is 0 Å². The van der Waals surface area contributed by atoms with Crippen molar-refractivity contribution in [2.24, 2.45) is 0 Å². The van der Waals surface area contributed by atoms with Crippen LogP contribution in [0.1, 0.15) is 51.2 Å². The maximum absolute atomic E-state index is 11.7. The van der Waals surface area contributed by atoms with Crippen molar-refractivity contribution in [3.05, 3.63) is 35.4 Å². The zero-order chi connectivity index (χ0) is 13.6. The van der Waals surface area contributed by atoms with Crippen molar-refractivity contribution in [3.8, 4) is 0 Å². The molecule has 1 aromatic rings. The molecule has 1 rings (SSSR count). The van der Waals surface area contributed by atoms with Crippen molar-refractivity contribution in [1.29, 1.82) is 0 Å². The zero-order valence-corrected chi connectivity index (χ0v) is 11.5. The zero-order valence-electron chi connectivity index (χ0n) is 11.5.